The van der Waals surface area contributed by atoms with Crippen molar-refractivity contribution in [1.82, 2.24) is 5.32 Å². The Kier molecular flexibility index (Phi) is 9.03. The van der Waals surface area contributed by atoms with Gasteiger partial charge in [0.05, 0.1) is 0 Å². The Balaban J connectivity index is 2.44. The van der Waals surface area contributed by atoms with Gasteiger partial charge in [-0.1, -0.05) is 40.0 Å². The SMILES string of the molecule is CC#CCCC1CC(CCC)CCC1CNCC(C)C. The van der Waals surface area contributed by atoms with Crippen molar-refractivity contribution >= 4 is 0 Å². The molecule has 1 fully saturated rings. The molecule has 116 valence electrons. The van der Waals surface area contributed by atoms with Gasteiger partial charge in [0.25, 0.3) is 0 Å². The van der Waals surface area contributed by atoms with Gasteiger partial charge in [0, 0.05) is 6.42 Å². The summed E-state index contributed by atoms with van der Waals surface area (Å²) in [4.78, 5) is 0. The van der Waals surface area contributed by atoms with Crippen LogP contribution in [0.2, 0.25) is 0 Å². The molecule has 1 nitrogen and oxygen atoms in total. The van der Waals surface area contributed by atoms with Gasteiger partial charge in [-0.2, -0.15) is 0 Å². The molecule has 1 aliphatic carbocycles. The average Bonchev–Trinajstić information content (AvgIpc) is 2.41. The van der Waals surface area contributed by atoms with Crippen molar-refractivity contribution in [2.24, 2.45) is 23.7 Å². The highest BCUT2D eigenvalue weighted by atomic mass is 14.9. The van der Waals surface area contributed by atoms with E-state index in [1.54, 1.807) is 0 Å². The van der Waals surface area contributed by atoms with Crippen LogP contribution in [0.4, 0.5) is 0 Å². The maximum Gasteiger partial charge on any atom is 0.00913 e. The Bertz CT molecular complexity index is 297. The van der Waals surface area contributed by atoms with Crippen molar-refractivity contribution in [2.45, 2.75) is 72.6 Å². The van der Waals surface area contributed by atoms with E-state index in [1.807, 2.05) is 6.92 Å². The zero-order valence-corrected chi connectivity index (χ0v) is 14.2. The topological polar surface area (TPSA) is 12.0 Å². The summed E-state index contributed by atoms with van der Waals surface area (Å²) in [6.45, 7) is 11.3. The molecule has 1 N–H and O–H groups in total. The fraction of sp³-hybridized carbons (Fsp3) is 0.895. The van der Waals surface area contributed by atoms with Crippen LogP contribution in [0, 0.1) is 35.5 Å². The van der Waals surface area contributed by atoms with E-state index in [9.17, 15) is 0 Å². The van der Waals surface area contributed by atoms with Gasteiger partial charge < -0.3 is 5.32 Å². The lowest BCUT2D eigenvalue weighted by Gasteiger charge is -2.36. The normalized spacial score (nSPS) is 26.4. The predicted molar refractivity (Wildman–Crippen MR) is 89.6 cm³/mol. The number of hydrogen-bond acceptors (Lipinski definition) is 1. The molecule has 0 saturated heterocycles. The highest BCUT2D eigenvalue weighted by Crippen LogP contribution is 2.38. The fourth-order valence-corrected chi connectivity index (χ4v) is 3.66. The first-order chi connectivity index (χ1) is 9.67. The van der Waals surface area contributed by atoms with Crippen molar-refractivity contribution in [2.75, 3.05) is 13.1 Å². The summed E-state index contributed by atoms with van der Waals surface area (Å²) in [6.07, 6.45) is 9.53. The summed E-state index contributed by atoms with van der Waals surface area (Å²) >= 11 is 0. The van der Waals surface area contributed by atoms with Crippen LogP contribution in [0.5, 0.6) is 0 Å². The lowest BCUT2D eigenvalue weighted by molar-refractivity contribution is 0.160. The third kappa shape index (κ3) is 6.80. The summed E-state index contributed by atoms with van der Waals surface area (Å²) in [5.74, 6) is 9.86. The van der Waals surface area contributed by atoms with Crippen molar-refractivity contribution in [3.8, 4) is 11.8 Å². The smallest absolute Gasteiger partial charge is 0.00913 e. The monoisotopic (exact) mass is 277 g/mol. The molecular weight excluding hydrogens is 242 g/mol. The van der Waals surface area contributed by atoms with E-state index in [1.165, 1.54) is 45.1 Å². The van der Waals surface area contributed by atoms with E-state index in [-0.39, 0.29) is 0 Å². The average molecular weight is 277 g/mol. The van der Waals surface area contributed by atoms with E-state index < -0.39 is 0 Å². The van der Waals surface area contributed by atoms with Crippen molar-refractivity contribution < 1.29 is 0 Å². The van der Waals surface area contributed by atoms with Crippen molar-refractivity contribution in [3.63, 3.8) is 0 Å². The molecule has 1 rings (SSSR count). The first-order valence-corrected chi connectivity index (χ1v) is 8.77. The molecule has 0 aliphatic heterocycles. The quantitative estimate of drug-likeness (QED) is 0.624. The van der Waals surface area contributed by atoms with Crippen LogP contribution in [0.3, 0.4) is 0 Å². The first-order valence-electron chi connectivity index (χ1n) is 8.77. The van der Waals surface area contributed by atoms with Crippen LogP contribution in [-0.4, -0.2) is 13.1 Å². The van der Waals surface area contributed by atoms with Gasteiger partial charge in [-0.15, -0.1) is 11.8 Å². The third-order valence-corrected chi connectivity index (χ3v) is 4.72. The molecule has 0 aromatic rings. The van der Waals surface area contributed by atoms with Gasteiger partial charge in [-0.05, 0) is 62.9 Å². The van der Waals surface area contributed by atoms with Crippen LogP contribution in [0.15, 0.2) is 0 Å². The van der Waals surface area contributed by atoms with Gasteiger partial charge in [-0.3, -0.25) is 0 Å². The minimum absolute atomic E-state index is 0.760. The first kappa shape index (κ1) is 17.6. The third-order valence-electron chi connectivity index (χ3n) is 4.72. The molecule has 0 heterocycles. The maximum absolute atomic E-state index is 3.69. The van der Waals surface area contributed by atoms with Crippen LogP contribution in [0.1, 0.15) is 72.6 Å². The predicted octanol–water partition coefficient (Wildman–Crippen LogP) is 4.87. The van der Waals surface area contributed by atoms with Gasteiger partial charge in [0.2, 0.25) is 0 Å². The molecule has 0 aromatic carbocycles. The Morgan fingerprint density at radius 2 is 1.95 bits per heavy atom. The molecule has 1 aliphatic rings. The molecular formula is C19H35N. The minimum Gasteiger partial charge on any atom is -0.316 e. The van der Waals surface area contributed by atoms with E-state index in [2.05, 4.69) is 37.9 Å². The largest absolute Gasteiger partial charge is 0.316 e. The Labute approximate surface area is 127 Å². The van der Waals surface area contributed by atoms with Crippen molar-refractivity contribution in [3.05, 3.63) is 0 Å². The minimum atomic E-state index is 0.760. The van der Waals surface area contributed by atoms with Crippen LogP contribution >= 0.6 is 0 Å². The molecule has 0 spiro atoms. The lowest BCUT2D eigenvalue weighted by atomic mass is 9.71. The van der Waals surface area contributed by atoms with Crippen molar-refractivity contribution in [1.29, 1.82) is 0 Å². The molecule has 1 saturated carbocycles. The summed E-state index contributed by atoms with van der Waals surface area (Å²) in [7, 11) is 0. The zero-order chi connectivity index (χ0) is 14.8. The van der Waals surface area contributed by atoms with E-state index in [0.717, 1.165) is 36.6 Å². The molecule has 0 amide bonds. The fourth-order valence-electron chi connectivity index (χ4n) is 3.66. The molecule has 20 heavy (non-hydrogen) atoms. The Morgan fingerprint density at radius 1 is 1.15 bits per heavy atom. The second-order valence-corrected chi connectivity index (χ2v) is 7.01. The van der Waals surface area contributed by atoms with E-state index in [0.29, 0.717) is 0 Å². The number of rotatable bonds is 8. The van der Waals surface area contributed by atoms with Gasteiger partial charge in [-0.25, -0.2) is 0 Å². The molecule has 0 radical (unpaired) electrons. The molecule has 0 bridgehead atoms. The number of nitrogens with one attached hydrogen (secondary N) is 1. The Hall–Kier alpha value is -0.480. The zero-order valence-electron chi connectivity index (χ0n) is 14.2. The highest BCUT2D eigenvalue weighted by Gasteiger charge is 2.29. The van der Waals surface area contributed by atoms with Crippen LogP contribution < -0.4 is 5.32 Å². The van der Waals surface area contributed by atoms with Gasteiger partial charge >= 0.3 is 0 Å². The molecule has 1 heteroatoms. The second kappa shape index (κ2) is 10.3. The summed E-state index contributed by atoms with van der Waals surface area (Å²) in [5.41, 5.74) is 0. The summed E-state index contributed by atoms with van der Waals surface area (Å²) in [6, 6.07) is 0. The van der Waals surface area contributed by atoms with E-state index in [4.69, 9.17) is 0 Å². The van der Waals surface area contributed by atoms with Gasteiger partial charge in [0.1, 0.15) is 0 Å². The van der Waals surface area contributed by atoms with Crippen LogP contribution in [0.25, 0.3) is 0 Å². The lowest BCUT2D eigenvalue weighted by Crippen LogP contribution is -2.34. The number of hydrogen-bond donors (Lipinski definition) is 1. The van der Waals surface area contributed by atoms with E-state index >= 15 is 0 Å². The van der Waals surface area contributed by atoms with Gasteiger partial charge in [0.15, 0.2) is 0 Å². The standard InChI is InChI=1S/C19H35N/c1-5-7-8-10-18-13-17(9-6-2)11-12-19(18)15-20-14-16(3)4/h16-20H,6,8-15H2,1-4H3. The maximum atomic E-state index is 3.69. The molecule has 0 aromatic heterocycles. The molecule has 3 atom stereocenters. The van der Waals surface area contributed by atoms with Crippen LogP contribution in [-0.2, 0) is 0 Å². The highest BCUT2D eigenvalue weighted by molar-refractivity contribution is 4.96. The summed E-state index contributed by atoms with van der Waals surface area (Å²) < 4.78 is 0. The molecule has 3 unspecified atom stereocenters. The second-order valence-electron chi connectivity index (χ2n) is 7.01. The Morgan fingerprint density at radius 3 is 2.60 bits per heavy atom. The summed E-state index contributed by atoms with van der Waals surface area (Å²) in [5, 5.41) is 3.69.